The van der Waals surface area contributed by atoms with Crippen molar-refractivity contribution in [2.75, 3.05) is 11.1 Å². The molecule has 27 heavy (non-hydrogen) atoms. The van der Waals surface area contributed by atoms with Gasteiger partial charge in [0.2, 0.25) is 11.1 Å². The number of nitrogens with one attached hydrogen (secondary N) is 1. The minimum atomic E-state index is -0.787. The average molecular weight is 389 g/mol. The monoisotopic (exact) mass is 389 g/mol. The van der Waals surface area contributed by atoms with Crippen LogP contribution in [-0.4, -0.2) is 37.7 Å². The number of nitrogens with zero attached hydrogens (tertiary/aromatic N) is 4. The van der Waals surface area contributed by atoms with Crippen molar-refractivity contribution in [1.29, 1.82) is 0 Å². The van der Waals surface area contributed by atoms with Crippen LogP contribution >= 0.6 is 11.8 Å². The third-order valence-corrected chi connectivity index (χ3v) is 4.33. The van der Waals surface area contributed by atoms with E-state index in [1.807, 2.05) is 0 Å². The number of carbonyl (C=O) groups excluding carboxylic acids is 2. The second kappa shape index (κ2) is 8.04. The van der Waals surface area contributed by atoms with Crippen LogP contribution in [0.2, 0.25) is 0 Å². The van der Waals surface area contributed by atoms with E-state index < -0.39 is 17.4 Å². The number of halogens is 2. The van der Waals surface area contributed by atoms with Gasteiger partial charge in [0.05, 0.1) is 17.0 Å². The molecule has 0 radical (unpaired) electrons. The van der Waals surface area contributed by atoms with E-state index in [1.165, 1.54) is 11.6 Å². The average Bonchev–Trinajstić information content (AvgIpc) is 3.10. The minimum absolute atomic E-state index is 0.174. The molecule has 1 aromatic heterocycles. The zero-order valence-corrected chi connectivity index (χ0v) is 14.8. The number of aromatic nitrogens is 4. The van der Waals surface area contributed by atoms with Crippen LogP contribution in [0.1, 0.15) is 17.3 Å². The summed E-state index contributed by atoms with van der Waals surface area (Å²) >= 11 is 0.987. The second-order valence-electron chi connectivity index (χ2n) is 5.44. The Kier molecular flexibility index (Phi) is 5.55. The van der Waals surface area contributed by atoms with Gasteiger partial charge in [-0.1, -0.05) is 17.8 Å². The number of amides is 1. The van der Waals surface area contributed by atoms with Crippen molar-refractivity contribution in [3.63, 3.8) is 0 Å². The zero-order valence-electron chi connectivity index (χ0n) is 14.0. The normalized spacial score (nSPS) is 10.6. The second-order valence-corrected chi connectivity index (χ2v) is 6.38. The molecule has 0 fully saturated rings. The number of benzene rings is 2. The molecule has 1 N–H and O–H groups in total. The molecule has 7 nitrogen and oxygen atoms in total. The Morgan fingerprint density at radius 2 is 2.00 bits per heavy atom. The Morgan fingerprint density at radius 3 is 2.78 bits per heavy atom. The molecule has 0 spiro atoms. The maximum atomic E-state index is 13.7. The van der Waals surface area contributed by atoms with Crippen molar-refractivity contribution in [3.05, 3.63) is 59.7 Å². The molecule has 3 rings (SSSR count). The maximum Gasteiger partial charge on any atom is 0.221 e. The SMILES string of the molecule is CC(=O)Nc1cccc(-n2nnnc2SCC(=O)c2cc(F)ccc2F)c1. The van der Waals surface area contributed by atoms with Gasteiger partial charge in [0.25, 0.3) is 0 Å². The van der Waals surface area contributed by atoms with E-state index in [1.54, 1.807) is 24.3 Å². The smallest absolute Gasteiger partial charge is 0.221 e. The summed E-state index contributed by atoms with van der Waals surface area (Å²) in [6.07, 6.45) is 0. The first-order valence-corrected chi connectivity index (χ1v) is 8.70. The van der Waals surface area contributed by atoms with Gasteiger partial charge in [-0.05, 0) is 46.8 Å². The molecule has 0 aliphatic heterocycles. The summed E-state index contributed by atoms with van der Waals surface area (Å²) in [4.78, 5) is 23.4. The van der Waals surface area contributed by atoms with Gasteiger partial charge in [-0.15, -0.1) is 5.10 Å². The standard InChI is InChI=1S/C17H13F2N5O2S/c1-10(25)20-12-3-2-4-13(8-12)24-17(21-22-23-24)27-9-16(26)14-7-11(18)5-6-15(14)19/h2-8H,9H2,1H3,(H,20,25). The number of hydrogen-bond donors (Lipinski definition) is 1. The van der Waals surface area contributed by atoms with Crippen LogP contribution < -0.4 is 5.32 Å². The molecule has 1 heterocycles. The van der Waals surface area contributed by atoms with E-state index in [2.05, 4.69) is 20.8 Å². The Balaban J connectivity index is 1.77. The van der Waals surface area contributed by atoms with Crippen LogP contribution in [0.3, 0.4) is 0 Å². The largest absolute Gasteiger partial charge is 0.326 e. The fourth-order valence-corrected chi connectivity index (χ4v) is 3.04. The zero-order chi connectivity index (χ0) is 19.4. The van der Waals surface area contributed by atoms with E-state index >= 15 is 0 Å². The Labute approximate surface area is 156 Å². The molecule has 0 saturated carbocycles. The first-order valence-electron chi connectivity index (χ1n) is 7.71. The summed E-state index contributed by atoms with van der Waals surface area (Å²) in [5, 5.41) is 14.2. The lowest BCUT2D eigenvalue weighted by Gasteiger charge is -2.07. The number of ketones is 1. The first kappa shape index (κ1) is 18.6. The van der Waals surface area contributed by atoms with Crippen LogP contribution in [0.15, 0.2) is 47.6 Å². The molecular formula is C17H13F2N5O2S. The topological polar surface area (TPSA) is 89.8 Å². The van der Waals surface area contributed by atoms with Crippen molar-refractivity contribution in [2.24, 2.45) is 0 Å². The van der Waals surface area contributed by atoms with E-state index in [4.69, 9.17) is 0 Å². The number of thioether (sulfide) groups is 1. The summed E-state index contributed by atoms with van der Waals surface area (Å²) < 4.78 is 28.3. The maximum absolute atomic E-state index is 13.7. The molecular weight excluding hydrogens is 376 g/mol. The van der Waals surface area contributed by atoms with Gasteiger partial charge in [0, 0.05) is 12.6 Å². The molecule has 0 unspecified atom stereocenters. The molecule has 3 aromatic rings. The summed E-state index contributed by atoms with van der Waals surface area (Å²) in [6, 6.07) is 9.52. The number of hydrogen-bond acceptors (Lipinski definition) is 6. The Bertz CT molecular complexity index is 1010. The highest BCUT2D eigenvalue weighted by molar-refractivity contribution is 7.99. The third-order valence-electron chi connectivity index (χ3n) is 3.41. The van der Waals surface area contributed by atoms with Crippen LogP contribution in [-0.2, 0) is 4.79 Å². The number of Topliss-reactive ketones (excluding diaryl/α,β-unsaturated/α-hetero) is 1. The summed E-state index contributed by atoms with van der Waals surface area (Å²) in [5.41, 5.74) is 0.802. The molecule has 0 saturated heterocycles. The van der Waals surface area contributed by atoms with Crippen molar-refractivity contribution < 1.29 is 18.4 Å². The lowest BCUT2D eigenvalue weighted by atomic mass is 10.1. The quantitative estimate of drug-likeness (QED) is 0.515. The van der Waals surface area contributed by atoms with Crippen LogP contribution in [0.25, 0.3) is 5.69 Å². The molecule has 10 heteroatoms. The first-order chi connectivity index (χ1) is 12.9. The summed E-state index contributed by atoms with van der Waals surface area (Å²) in [5.74, 6) is -2.46. The highest BCUT2D eigenvalue weighted by Gasteiger charge is 2.16. The van der Waals surface area contributed by atoms with Crippen molar-refractivity contribution >= 4 is 29.1 Å². The minimum Gasteiger partial charge on any atom is -0.326 e. The number of anilines is 1. The fraction of sp³-hybridized carbons (Fsp3) is 0.118. The predicted molar refractivity (Wildman–Crippen MR) is 94.9 cm³/mol. The Hall–Kier alpha value is -3.14. The molecule has 0 bridgehead atoms. The molecule has 0 aliphatic carbocycles. The predicted octanol–water partition coefficient (Wildman–Crippen LogP) is 2.87. The van der Waals surface area contributed by atoms with Crippen molar-refractivity contribution in [3.8, 4) is 5.69 Å². The lowest BCUT2D eigenvalue weighted by molar-refractivity contribution is -0.114. The van der Waals surface area contributed by atoms with Gasteiger partial charge in [0.1, 0.15) is 11.6 Å². The number of carbonyl (C=O) groups is 2. The van der Waals surface area contributed by atoms with E-state index in [9.17, 15) is 18.4 Å². The van der Waals surface area contributed by atoms with E-state index in [-0.39, 0.29) is 17.2 Å². The number of tetrazole rings is 1. The van der Waals surface area contributed by atoms with Crippen LogP contribution in [0.4, 0.5) is 14.5 Å². The fourth-order valence-electron chi connectivity index (χ4n) is 2.27. The summed E-state index contributed by atoms with van der Waals surface area (Å²) in [7, 11) is 0. The van der Waals surface area contributed by atoms with Crippen molar-refractivity contribution in [2.45, 2.75) is 12.1 Å². The van der Waals surface area contributed by atoms with E-state index in [0.29, 0.717) is 16.5 Å². The molecule has 1 amide bonds. The lowest BCUT2D eigenvalue weighted by Crippen LogP contribution is -2.08. The summed E-state index contributed by atoms with van der Waals surface area (Å²) in [6.45, 7) is 1.39. The molecule has 138 valence electrons. The van der Waals surface area contributed by atoms with Gasteiger partial charge in [-0.25, -0.2) is 8.78 Å². The van der Waals surface area contributed by atoms with E-state index in [0.717, 1.165) is 30.0 Å². The van der Waals surface area contributed by atoms with Gasteiger partial charge in [0.15, 0.2) is 5.78 Å². The molecule has 0 atom stereocenters. The van der Waals surface area contributed by atoms with Crippen molar-refractivity contribution in [1.82, 2.24) is 20.2 Å². The third kappa shape index (κ3) is 4.53. The number of rotatable bonds is 6. The van der Waals surface area contributed by atoms with Gasteiger partial charge in [-0.3, -0.25) is 9.59 Å². The van der Waals surface area contributed by atoms with Gasteiger partial charge in [-0.2, -0.15) is 4.68 Å². The highest BCUT2D eigenvalue weighted by atomic mass is 32.2. The Morgan fingerprint density at radius 1 is 1.19 bits per heavy atom. The highest BCUT2D eigenvalue weighted by Crippen LogP contribution is 2.22. The molecule has 2 aromatic carbocycles. The van der Waals surface area contributed by atoms with Gasteiger partial charge < -0.3 is 5.32 Å². The van der Waals surface area contributed by atoms with Crippen LogP contribution in [0.5, 0.6) is 0 Å². The molecule has 0 aliphatic rings. The van der Waals surface area contributed by atoms with Crippen LogP contribution in [0, 0.1) is 11.6 Å². The van der Waals surface area contributed by atoms with Gasteiger partial charge >= 0.3 is 0 Å².